The van der Waals surface area contributed by atoms with Gasteiger partial charge in [0.05, 0.1) is 32.1 Å². The van der Waals surface area contributed by atoms with Crippen LogP contribution in [0, 0.1) is 18.3 Å². The highest BCUT2D eigenvalue weighted by Crippen LogP contribution is 2.34. The van der Waals surface area contributed by atoms with Gasteiger partial charge in [0.1, 0.15) is 27.4 Å². The van der Waals surface area contributed by atoms with Crippen molar-refractivity contribution in [3.05, 3.63) is 34.2 Å². The van der Waals surface area contributed by atoms with Crippen molar-refractivity contribution in [3.63, 3.8) is 0 Å². The van der Waals surface area contributed by atoms with Crippen LogP contribution in [-0.4, -0.2) is 53.2 Å². The summed E-state index contributed by atoms with van der Waals surface area (Å²) < 4.78 is 17.6. The number of amides is 1. The summed E-state index contributed by atoms with van der Waals surface area (Å²) in [5.74, 6) is 1.06. The molecule has 0 atom stereocenters. The lowest BCUT2D eigenvalue weighted by Gasteiger charge is -2.10. The predicted octanol–water partition coefficient (Wildman–Crippen LogP) is 4.13. The molecule has 35 heavy (non-hydrogen) atoms. The average molecular weight is 516 g/mol. The minimum Gasteiger partial charge on any atom is -0.497 e. The third kappa shape index (κ3) is 5.75. The van der Waals surface area contributed by atoms with Gasteiger partial charge in [-0.15, -0.1) is 21.5 Å². The molecule has 0 aliphatic carbocycles. The summed E-state index contributed by atoms with van der Waals surface area (Å²) in [4.78, 5) is 25.1. The number of methoxy groups -OCH3 is 2. The Bertz CT molecular complexity index is 1260. The molecule has 3 aromatic rings. The van der Waals surface area contributed by atoms with E-state index in [0.717, 1.165) is 16.9 Å². The highest BCUT2D eigenvalue weighted by molar-refractivity contribution is 7.99. The molecule has 0 radical (unpaired) electrons. The Morgan fingerprint density at radius 2 is 1.86 bits per heavy atom. The van der Waals surface area contributed by atoms with Gasteiger partial charge in [-0.1, -0.05) is 11.8 Å². The van der Waals surface area contributed by atoms with Gasteiger partial charge in [0, 0.05) is 18.2 Å². The van der Waals surface area contributed by atoms with Crippen LogP contribution in [0.5, 0.6) is 11.5 Å². The fraction of sp³-hybridized carbons (Fsp3) is 0.348. The first kappa shape index (κ1) is 26.1. The van der Waals surface area contributed by atoms with E-state index in [4.69, 9.17) is 14.2 Å². The van der Waals surface area contributed by atoms with E-state index in [-0.39, 0.29) is 23.8 Å². The van der Waals surface area contributed by atoms with Gasteiger partial charge in [0.2, 0.25) is 5.91 Å². The first-order valence-electron chi connectivity index (χ1n) is 10.7. The highest BCUT2D eigenvalue weighted by Gasteiger charge is 2.23. The zero-order chi connectivity index (χ0) is 25.5. The summed E-state index contributed by atoms with van der Waals surface area (Å²) in [7, 11) is 3.15. The molecule has 0 fully saturated rings. The van der Waals surface area contributed by atoms with Crippen LogP contribution in [0.4, 0.5) is 5.00 Å². The molecule has 0 aliphatic rings. The minimum atomic E-state index is -0.515. The van der Waals surface area contributed by atoms with E-state index >= 15 is 0 Å². The minimum absolute atomic E-state index is 0.0378. The normalized spacial score (nSPS) is 10.5. The quantitative estimate of drug-likeness (QED) is 0.313. The number of thiophene rings is 1. The van der Waals surface area contributed by atoms with Crippen molar-refractivity contribution in [2.24, 2.45) is 0 Å². The van der Waals surface area contributed by atoms with Gasteiger partial charge in [0.25, 0.3) is 0 Å². The van der Waals surface area contributed by atoms with Crippen molar-refractivity contribution in [3.8, 4) is 29.0 Å². The van der Waals surface area contributed by atoms with Crippen molar-refractivity contribution < 1.29 is 23.8 Å². The Hall–Kier alpha value is -3.56. The molecule has 0 aliphatic heterocycles. The molecule has 184 valence electrons. The highest BCUT2D eigenvalue weighted by atomic mass is 32.2. The van der Waals surface area contributed by atoms with Gasteiger partial charge in [-0.2, -0.15) is 5.26 Å². The van der Waals surface area contributed by atoms with E-state index < -0.39 is 5.97 Å². The van der Waals surface area contributed by atoms with E-state index in [1.807, 2.05) is 23.6 Å². The molecule has 2 aromatic heterocycles. The van der Waals surface area contributed by atoms with Crippen molar-refractivity contribution in [1.82, 2.24) is 14.8 Å². The number of rotatable bonds is 10. The Morgan fingerprint density at radius 3 is 2.43 bits per heavy atom. The lowest BCUT2D eigenvalue weighted by Crippen LogP contribution is -2.14. The third-order valence-electron chi connectivity index (χ3n) is 4.95. The zero-order valence-corrected chi connectivity index (χ0v) is 21.6. The number of aromatic nitrogens is 3. The first-order valence-corrected chi connectivity index (χ1v) is 12.5. The molecular formula is C23H25N5O5S2. The number of benzene rings is 1. The van der Waals surface area contributed by atoms with Gasteiger partial charge in [0.15, 0.2) is 11.0 Å². The third-order valence-corrected chi connectivity index (χ3v) is 7.10. The van der Waals surface area contributed by atoms with Crippen LogP contribution in [0.15, 0.2) is 23.4 Å². The Balaban J connectivity index is 1.77. The summed E-state index contributed by atoms with van der Waals surface area (Å²) >= 11 is 2.25. The van der Waals surface area contributed by atoms with Crippen LogP contribution in [0.2, 0.25) is 0 Å². The fourth-order valence-electron chi connectivity index (χ4n) is 3.25. The number of hydrogen-bond acceptors (Lipinski definition) is 10. The number of esters is 1. The molecule has 3 rings (SSSR count). The van der Waals surface area contributed by atoms with E-state index in [1.54, 1.807) is 34.1 Å². The number of nitrogens with one attached hydrogen (secondary N) is 1. The number of thioether (sulfide) groups is 1. The van der Waals surface area contributed by atoms with E-state index in [1.165, 1.54) is 11.8 Å². The molecule has 0 unspecified atom stereocenters. The molecule has 10 nitrogen and oxygen atoms in total. The second kappa shape index (κ2) is 11.7. The monoisotopic (exact) mass is 515 g/mol. The lowest BCUT2D eigenvalue weighted by atomic mass is 10.2. The smallest absolute Gasteiger partial charge is 0.348 e. The SMILES string of the molecule is CCOC(=O)c1sc(NC(=O)CSc2nnc(-c3cc(OC)cc(OC)c3)n2CC)c(C#N)c1C. The lowest BCUT2D eigenvalue weighted by molar-refractivity contribution is -0.113. The molecule has 1 amide bonds. The maximum atomic E-state index is 12.7. The van der Waals surface area contributed by atoms with Crippen molar-refractivity contribution in [2.75, 3.05) is 31.9 Å². The maximum Gasteiger partial charge on any atom is 0.348 e. The number of anilines is 1. The molecule has 0 saturated carbocycles. The second-order valence-corrected chi connectivity index (χ2v) is 9.04. The predicted molar refractivity (Wildman–Crippen MR) is 133 cm³/mol. The Kier molecular flexibility index (Phi) is 8.73. The largest absolute Gasteiger partial charge is 0.497 e. The molecule has 2 heterocycles. The van der Waals surface area contributed by atoms with Crippen molar-refractivity contribution in [1.29, 1.82) is 5.26 Å². The van der Waals surface area contributed by atoms with Gasteiger partial charge in [-0.25, -0.2) is 4.79 Å². The fourth-order valence-corrected chi connectivity index (χ4v) is 5.12. The maximum absolute atomic E-state index is 12.7. The summed E-state index contributed by atoms with van der Waals surface area (Å²) in [5.41, 5.74) is 1.51. The van der Waals surface area contributed by atoms with E-state index in [0.29, 0.717) is 44.5 Å². The zero-order valence-electron chi connectivity index (χ0n) is 20.0. The second-order valence-electron chi connectivity index (χ2n) is 7.08. The van der Waals surface area contributed by atoms with Crippen LogP contribution in [0.25, 0.3) is 11.4 Å². The van der Waals surface area contributed by atoms with Crippen molar-refractivity contribution in [2.45, 2.75) is 32.5 Å². The molecule has 1 N–H and O–H groups in total. The molecule has 0 spiro atoms. The number of nitrogens with zero attached hydrogens (tertiary/aromatic N) is 4. The van der Waals surface area contributed by atoms with Gasteiger partial charge < -0.3 is 24.1 Å². The van der Waals surface area contributed by atoms with E-state index in [9.17, 15) is 14.9 Å². The molecular weight excluding hydrogens is 490 g/mol. The number of hydrogen-bond donors (Lipinski definition) is 1. The van der Waals surface area contributed by atoms with Gasteiger partial charge in [-0.05, 0) is 38.5 Å². The molecule has 12 heteroatoms. The average Bonchev–Trinajstić information content (AvgIpc) is 3.42. The number of ether oxygens (including phenoxy) is 3. The van der Waals surface area contributed by atoms with Crippen LogP contribution < -0.4 is 14.8 Å². The van der Waals surface area contributed by atoms with Crippen LogP contribution >= 0.6 is 23.1 Å². The number of nitriles is 1. The Morgan fingerprint density at radius 1 is 1.17 bits per heavy atom. The van der Waals surface area contributed by atoms with Gasteiger partial charge in [-0.3, -0.25) is 4.79 Å². The number of carbonyl (C=O) groups excluding carboxylic acids is 2. The van der Waals surface area contributed by atoms with Gasteiger partial charge >= 0.3 is 5.97 Å². The Labute approximate surface area is 211 Å². The molecule has 1 aromatic carbocycles. The van der Waals surface area contributed by atoms with E-state index in [2.05, 4.69) is 21.6 Å². The summed E-state index contributed by atoms with van der Waals surface area (Å²) in [6.07, 6.45) is 0. The number of carbonyl (C=O) groups is 2. The standard InChI is InChI=1S/C23H25N5O5S2/c1-6-28-20(14-8-15(31-4)10-16(9-14)32-5)26-27-23(28)34-12-18(29)25-21-17(11-24)13(3)19(35-21)22(30)33-7-2/h8-10H,6-7,12H2,1-5H3,(H,25,29). The van der Waals surface area contributed by atoms with Crippen LogP contribution in [-0.2, 0) is 16.1 Å². The van der Waals surface area contributed by atoms with Crippen LogP contribution in [0.1, 0.15) is 34.6 Å². The molecule has 0 saturated heterocycles. The first-order chi connectivity index (χ1) is 16.9. The van der Waals surface area contributed by atoms with Crippen molar-refractivity contribution >= 4 is 40.0 Å². The topological polar surface area (TPSA) is 128 Å². The summed E-state index contributed by atoms with van der Waals surface area (Å²) in [5, 5.41) is 21.7. The van der Waals surface area contributed by atoms with Crippen LogP contribution in [0.3, 0.4) is 0 Å². The summed E-state index contributed by atoms with van der Waals surface area (Å²) in [6, 6.07) is 7.50. The summed E-state index contributed by atoms with van der Waals surface area (Å²) in [6.45, 7) is 6.12. The molecule has 0 bridgehead atoms.